The molecule has 3 rings (SSSR count). The SMILES string of the molecule is CNc1c(Cl)ncnc1N1CCC(CCCN2CCOCC2)CC1. The van der Waals surface area contributed by atoms with Crippen LogP contribution < -0.4 is 10.2 Å². The largest absolute Gasteiger partial charge is 0.383 e. The number of piperidine rings is 1. The molecule has 6 nitrogen and oxygen atoms in total. The average molecular weight is 354 g/mol. The molecule has 3 heterocycles. The van der Waals surface area contributed by atoms with Crippen molar-refractivity contribution < 1.29 is 4.74 Å². The van der Waals surface area contributed by atoms with E-state index in [2.05, 4.69) is 25.1 Å². The smallest absolute Gasteiger partial charge is 0.157 e. The quantitative estimate of drug-likeness (QED) is 0.793. The lowest BCUT2D eigenvalue weighted by Crippen LogP contribution is -2.37. The molecule has 2 aliphatic rings. The van der Waals surface area contributed by atoms with Gasteiger partial charge in [0, 0.05) is 33.2 Å². The highest BCUT2D eigenvalue weighted by molar-refractivity contribution is 6.32. The Balaban J connectivity index is 1.43. The Morgan fingerprint density at radius 3 is 2.67 bits per heavy atom. The van der Waals surface area contributed by atoms with E-state index in [4.69, 9.17) is 16.3 Å². The van der Waals surface area contributed by atoms with Gasteiger partial charge in [0.25, 0.3) is 0 Å². The number of anilines is 2. The summed E-state index contributed by atoms with van der Waals surface area (Å²) >= 11 is 6.17. The summed E-state index contributed by atoms with van der Waals surface area (Å²) in [7, 11) is 1.87. The molecular weight excluding hydrogens is 326 g/mol. The molecule has 1 aromatic rings. The van der Waals surface area contributed by atoms with Crippen molar-refractivity contribution in [2.24, 2.45) is 5.92 Å². The molecule has 0 spiro atoms. The van der Waals surface area contributed by atoms with E-state index in [1.807, 2.05) is 7.05 Å². The van der Waals surface area contributed by atoms with Crippen LogP contribution in [0.25, 0.3) is 0 Å². The van der Waals surface area contributed by atoms with Crippen LogP contribution in [0.1, 0.15) is 25.7 Å². The van der Waals surface area contributed by atoms with Gasteiger partial charge in [-0.05, 0) is 38.1 Å². The Morgan fingerprint density at radius 1 is 1.21 bits per heavy atom. The molecular formula is C17H28ClN5O. The van der Waals surface area contributed by atoms with E-state index in [-0.39, 0.29) is 0 Å². The van der Waals surface area contributed by atoms with Gasteiger partial charge in [-0.1, -0.05) is 11.6 Å². The maximum atomic E-state index is 6.17. The maximum Gasteiger partial charge on any atom is 0.157 e. The molecule has 0 atom stereocenters. The van der Waals surface area contributed by atoms with Crippen LogP contribution >= 0.6 is 11.6 Å². The topological polar surface area (TPSA) is 53.5 Å². The van der Waals surface area contributed by atoms with E-state index in [0.29, 0.717) is 5.15 Å². The number of nitrogens with zero attached hydrogens (tertiary/aromatic N) is 4. The zero-order chi connectivity index (χ0) is 16.8. The zero-order valence-electron chi connectivity index (χ0n) is 14.5. The van der Waals surface area contributed by atoms with Crippen molar-refractivity contribution in [1.82, 2.24) is 14.9 Å². The summed E-state index contributed by atoms with van der Waals surface area (Å²) in [6.07, 6.45) is 6.63. The second-order valence-electron chi connectivity index (χ2n) is 6.64. The first-order valence-electron chi connectivity index (χ1n) is 9.01. The van der Waals surface area contributed by atoms with Gasteiger partial charge in [0.15, 0.2) is 11.0 Å². The van der Waals surface area contributed by atoms with Gasteiger partial charge in [-0.2, -0.15) is 0 Å². The maximum absolute atomic E-state index is 6.17. The van der Waals surface area contributed by atoms with Crippen LogP contribution in [0.15, 0.2) is 6.33 Å². The lowest BCUT2D eigenvalue weighted by atomic mass is 9.92. The van der Waals surface area contributed by atoms with Crippen LogP contribution in [-0.2, 0) is 4.74 Å². The molecule has 0 saturated carbocycles. The van der Waals surface area contributed by atoms with E-state index in [9.17, 15) is 0 Å². The van der Waals surface area contributed by atoms with Gasteiger partial charge in [-0.3, -0.25) is 4.90 Å². The molecule has 0 aliphatic carbocycles. The minimum atomic E-state index is 0.495. The third-order valence-corrected chi connectivity index (χ3v) is 5.42. The first-order valence-corrected chi connectivity index (χ1v) is 9.39. The van der Waals surface area contributed by atoms with E-state index in [1.165, 1.54) is 32.2 Å². The Morgan fingerprint density at radius 2 is 1.96 bits per heavy atom. The third kappa shape index (κ3) is 4.49. The van der Waals surface area contributed by atoms with E-state index in [0.717, 1.165) is 56.8 Å². The van der Waals surface area contributed by atoms with Gasteiger partial charge in [-0.25, -0.2) is 9.97 Å². The molecule has 0 amide bonds. The number of nitrogens with one attached hydrogen (secondary N) is 1. The van der Waals surface area contributed by atoms with Gasteiger partial charge < -0.3 is 15.0 Å². The van der Waals surface area contributed by atoms with Crippen molar-refractivity contribution in [3.05, 3.63) is 11.5 Å². The van der Waals surface area contributed by atoms with E-state index >= 15 is 0 Å². The number of morpholine rings is 1. The van der Waals surface area contributed by atoms with Crippen molar-refractivity contribution >= 4 is 23.1 Å². The summed E-state index contributed by atoms with van der Waals surface area (Å²) in [6.45, 7) is 7.30. The van der Waals surface area contributed by atoms with Gasteiger partial charge >= 0.3 is 0 Å². The van der Waals surface area contributed by atoms with Gasteiger partial charge in [0.2, 0.25) is 0 Å². The Kier molecular flexibility index (Phi) is 6.51. The minimum absolute atomic E-state index is 0.495. The first-order chi connectivity index (χ1) is 11.8. The number of hydrogen-bond donors (Lipinski definition) is 1. The molecule has 134 valence electrons. The van der Waals surface area contributed by atoms with E-state index in [1.54, 1.807) is 6.33 Å². The van der Waals surface area contributed by atoms with Crippen LogP contribution in [0.4, 0.5) is 11.5 Å². The summed E-state index contributed by atoms with van der Waals surface area (Å²) in [6, 6.07) is 0. The Bertz CT molecular complexity index is 516. The van der Waals surface area contributed by atoms with Crippen molar-refractivity contribution in [2.75, 3.05) is 63.2 Å². The zero-order valence-corrected chi connectivity index (χ0v) is 15.3. The second kappa shape index (κ2) is 8.83. The molecule has 2 saturated heterocycles. The Labute approximate surface area is 149 Å². The second-order valence-corrected chi connectivity index (χ2v) is 7.00. The van der Waals surface area contributed by atoms with Crippen LogP contribution in [0.2, 0.25) is 5.15 Å². The molecule has 1 N–H and O–H groups in total. The fourth-order valence-corrected chi connectivity index (χ4v) is 3.89. The highest BCUT2D eigenvalue weighted by Gasteiger charge is 2.23. The molecule has 24 heavy (non-hydrogen) atoms. The molecule has 0 radical (unpaired) electrons. The molecule has 2 aliphatic heterocycles. The fourth-order valence-electron chi connectivity index (χ4n) is 3.67. The van der Waals surface area contributed by atoms with Crippen molar-refractivity contribution in [3.63, 3.8) is 0 Å². The summed E-state index contributed by atoms with van der Waals surface area (Å²) in [5.74, 6) is 1.77. The monoisotopic (exact) mass is 353 g/mol. The van der Waals surface area contributed by atoms with Crippen LogP contribution in [0.3, 0.4) is 0 Å². The average Bonchev–Trinajstić information content (AvgIpc) is 2.63. The molecule has 7 heteroatoms. The number of hydrogen-bond acceptors (Lipinski definition) is 6. The molecule has 0 aromatic carbocycles. The fraction of sp³-hybridized carbons (Fsp3) is 0.765. The molecule has 0 bridgehead atoms. The molecule has 0 unspecified atom stereocenters. The summed E-state index contributed by atoms with van der Waals surface area (Å²) in [5.41, 5.74) is 0.838. The lowest BCUT2D eigenvalue weighted by molar-refractivity contribution is 0.0365. The predicted molar refractivity (Wildman–Crippen MR) is 98.0 cm³/mol. The van der Waals surface area contributed by atoms with Crippen LogP contribution in [0, 0.1) is 5.92 Å². The van der Waals surface area contributed by atoms with E-state index < -0.39 is 0 Å². The first kappa shape index (κ1) is 17.7. The number of ether oxygens (including phenoxy) is 1. The number of aromatic nitrogens is 2. The lowest BCUT2D eigenvalue weighted by Gasteiger charge is -2.34. The summed E-state index contributed by atoms with van der Waals surface area (Å²) in [4.78, 5) is 13.3. The third-order valence-electron chi connectivity index (χ3n) is 5.14. The molecule has 2 fully saturated rings. The van der Waals surface area contributed by atoms with Crippen LogP contribution in [-0.4, -0.2) is 67.9 Å². The molecule has 1 aromatic heterocycles. The summed E-state index contributed by atoms with van der Waals surface area (Å²) < 4.78 is 5.41. The Hall–Kier alpha value is -1.11. The van der Waals surface area contributed by atoms with Gasteiger partial charge in [0.1, 0.15) is 12.0 Å². The summed E-state index contributed by atoms with van der Waals surface area (Å²) in [5, 5.41) is 3.62. The normalized spacial score (nSPS) is 20.3. The van der Waals surface area contributed by atoms with Crippen LogP contribution in [0.5, 0.6) is 0 Å². The highest BCUT2D eigenvalue weighted by Crippen LogP contribution is 2.32. The van der Waals surface area contributed by atoms with Gasteiger partial charge in [-0.15, -0.1) is 0 Å². The minimum Gasteiger partial charge on any atom is -0.383 e. The van der Waals surface area contributed by atoms with Crippen molar-refractivity contribution in [1.29, 1.82) is 0 Å². The number of rotatable bonds is 6. The predicted octanol–water partition coefficient (Wildman–Crippen LogP) is 2.50. The highest BCUT2D eigenvalue weighted by atomic mass is 35.5. The van der Waals surface area contributed by atoms with Gasteiger partial charge in [0.05, 0.1) is 13.2 Å². The number of halogens is 1. The van der Waals surface area contributed by atoms with Crippen molar-refractivity contribution in [3.8, 4) is 0 Å². The standard InChI is InChI=1S/C17H28ClN5O/c1-19-15-16(18)20-13-21-17(15)23-7-4-14(5-8-23)3-2-6-22-9-11-24-12-10-22/h13-14,19H,2-12H2,1H3. The van der Waals surface area contributed by atoms with Crippen molar-refractivity contribution in [2.45, 2.75) is 25.7 Å².